The first-order valence-corrected chi connectivity index (χ1v) is 8.65. The van der Waals surface area contributed by atoms with E-state index in [-0.39, 0.29) is 6.61 Å². The van der Waals surface area contributed by atoms with Crippen molar-refractivity contribution in [3.8, 4) is 5.75 Å². The van der Waals surface area contributed by atoms with Gasteiger partial charge < -0.3 is 15.6 Å². The van der Waals surface area contributed by atoms with Gasteiger partial charge in [-0.05, 0) is 19.1 Å². The number of hydrogen-bond acceptors (Lipinski definition) is 5. The zero-order valence-corrected chi connectivity index (χ0v) is 13.8. The van der Waals surface area contributed by atoms with Crippen LogP contribution < -0.4 is 10.5 Å². The first kappa shape index (κ1) is 16.5. The summed E-state index contributed by atoms with van der Waals surface area (Å²) in [5, 5.41) is 10.2. The van der Waals surface area contributed by atoms with Crippen LogP contribution in [0.15, 0.2) is 24.3 Å². The fourth-order valence-electron chi connectivity index (χ4n) is 2.34. The average Bonchev–Trinajstić information content (AvgIpc) is 2.48. The smallest absolute Gasteiger partial charge is 0.129 e. The standard InChI is InChI=1S/C15H22N2O2S2/c1-11-10-21-7-6-17(11)8-12(18)9-19-14-5-3-2-4-13(14)15(16)20/h2-5,11-12,18H,6-10H2,1H3,(H2,16,20). The highest BCUT2D eigenvalue weighted by molar-refractivity contribution is 7.99. The van der Waals surface area contributed by atoms with Crippen molar-refractivity contribution in [3.05, 3.63) is 29.8 Å². The van der Waals surface area contributed by atoms with Gasteiger partial charge >= 0.3 is 0 Å². The quantitative estimate of drug-likeness (QED) is 0.773. The Kier molecular flexibility index (Phi) is 6.29. The molecule has 1 heterocycles. The largest absolute Gasteiger partial charge is 0.490 e. The van der Waals surface area contributed by atoms with Gasteiger partial charge in [-0.1, -0.05) is 24.4 Å². The van der Waals surface area contributed by atoms with E-state index in [1.165, 1.54) is 0 Å². The van der Waals surface area contributed by atoms with E-state index in [1.54, 1.807) is 0 Å². The minimum atomic E-state index is -0.519. The molecule has 0 saturated carbocycles. The minimum Gasteiger partial charge on any atom is -0.490 e. The molecule has 0 bridgehead atoms. The molecular formula is C15H22N2O2S2. The molecule has 0 aliphatic carbocycles. The number of ether oxygens (including phenoxy) is 1. The van der Waals surface area contributed by atoms with Gasteiger partial charge in [-0.25, -0.2) is 0 Å². The first-order chi connectivity index (χ1) is 10.1. The lowest BCUT2D eigenvalue weighted by Crippen LogP contribution is -2.45. The Morgan fingerprint density at radius 2 is 2.33 bits per heavy atom. The lowest BCUT2D eigenvalue weighted by Gasteiger charge is -2.34. The van der Waals surface area contributed by atoms with E-state index in [1.807, 2.05) is 36.0 Å². The summed E-state index contributed by atoms with van der Waals surface area (Å²) in [5.41, 5.74) is 6.38. The minimum absolute atomic E-state index is 0.246. The summed E-state index contributed by atoms with van der Waals surface area (Å²) in [6, 6.07) is 7.88. The summed E-state index contributed by atoms with van der Waals surface area (Å²) in [4.78, 5) is 2.62. The second-order valence-electron chi connectivity index (χ2n) is 5.24. The highest BCUT2D eigenvalue weighted by Gasteiger charge is 2.21. The lowest BCUT2D eigenvalue weighted by atomic mass is 10.2. The van der Waals surface area contributed by atoms with Crippen molar-refractivity contribution >= 4 is 29.0 Å². The van der Waals surface area contributed by atoms with Gasteiger partial charge in [0, 0.05) is 30.6 Å². The third-order valence-corrected chi connectivity index (χ3v) is 4.94. The van der Waals surface area contributed by atoms with E-state index in [0.717, 1.165) is 18.1 Å². The van der Waals surface area contributed by atoms with E-state index in [4.69, 9.17) is 22.7 Å². The van der Waals surface area contributed by atoms with Crippen LogP contribution in [-0.2, 0) is 0 Å². The molecule has 3 N–H and O–H groups in total. The van der Waals surface area contributed by atoms with Crippen LogP contribution in [0.4, 0.5) is 0 Å². The summed E-state index contributed by atoms with van der Waals surface area (Å²) in [6.07, 6.45) is -0.519. The van der Waals surface area contributed by atoms with Crippen LogP contribution in [0.3, 0.4) is 0 Å². The molecule has 2 atom stereocenters. The van der Waals surface area contributed by atoms with Crippen LogP contribution >= 0.6 is 24.0 Å². The summed E-state index contributed by atoms with van der Waals surface area (Å²) in [5.74, 6) is 2.88. The summed E-state index contributed by atoms with van der Waals surface area (Å²) in [6.45, 7) is 4.10. The van der Waals surface area contributed by atoms with Crippen molar-refractivity contribution < 1.29 is 9.84 Å². The maximum Gasteiger partial charge on any atom is 0.129 e. The fraction of sp³-hybridized carbons (Fsp3) is 0.533. The number of nitrogens with two attached hydrogens (primary N) is 1. The molecule has 2 unspecified atom stereocenters. The fourth-order valence-corrected chi connectivity index (χ4v) is 3.59. The van der Waals surface area contributed by atoms with Gasteiger partial charge in [0.15, 0.2) is 0 Å². The third kappa shape index (κ3) is 4.85. The molecule has 1 aromatic carbocycles. The molecule has 1 saturated heterocycles. The molecule has 2 rings (SSSR count). The number of aliphatic hydroxyl groups is 1. The highest BCUT2D eigenvalue weighted by Crippen LogP contribution is 2.19. The molecule has 6 heteroatoms. The number of hydrogen-bond donors (Lipinski definition) is 2. The number of para-hydroxylation sites is 1. The number of thioether (sulfide) groups is 1. The van der Waals surface area contributed by atoms with E-state index in [2.05, 4.69) is 11.8 Å². The summed E-state index contributed by atoms with van der Waals surface area (Å²) < 4.78 is 5.69. The lowest BCUT2D eigenvalue weighted by molar-refractivity contribution is 0.0595. The van der Waals surface area contributed by atoms with Crippen LogP contribution in [0, 0.1) is 0 Å². The predicted molar refractivity (Wildman–Crippen MR) is 92.2 cm³/mol. The normalized spacial score (nSPS) is 21.0. The van der Waals surface area contributed by atoms with Crippen LogP contribution in [0.2, 0.25) is 0 Å². The SMILES string of the molecule is CC1CSCCN1CC(O)COc1ccccc1C(N)=S. The van der Waals surface area contributed by atoms with Crippen molar-refractivity contribution in [1.82, 2.24) is 4.90 Å². The number of rotatable bonds is 6. The Hall–Kier alpha value is -0.820. The van der Waals surface area contributed by atoms with Crippen LogP contribution in [0.1, 0.15) is 12.5 Å². The van der Waals surface area contributed by atoms with Gasteiger partial charge in [-0.2, -0.15) is 11.8 Å². The molecule has 0 aromatic heterocycles. The van der Waals surface area contributed by atoms with E-state index >= 15 is 0 Å². The van der Waals surface area contributed by atoms with Crippen molar-refractivity contribution in [3.63, 3.8) is 0 Å². The molecule has 1 aliphatic rings. The van der Waals surface area contributed by atoms with Crippen molar-refractivity contribution in [2.45, 2.75) is 19.1 Å². The Morgan fingerprint density at radius 1 is 1.57 bits per heavy atom. The van der Waals surface area contributed by atoms with Crippen molar-refractivity contribution in [2.24, 2.45) is 5.73 Å². The first-order valence-electron chi connectivity index (χ1n) is 7.09. The van der Waals surface area contributed by atoms with Gasteiger partial charge in [-0.3, -0.25) is 4.90 Å². The molecular weight excluding hydrogens is 304 g/mol. The second kappa shape index (κ2) is 7.98. The molecule has 1 fully saturated rings. The topological polar surface area (TPSA) is 58.7 Å². The van der Waals surface area contributed by atoms with Crippen molar-refractivity contribution in [1.29, 1.82) is 0 Å². The van der Waals surface area contributed by atoms with Crippen molar-refractivity contribution in [2.75, 3.05) is 31.2 Å². The molecule has 4 nitrogen and oxygen atoms in total. The van der Waals surface area contributed by atoms with Crippen LogP contribution in [-0.4, -0.2) is 58.3 Å². The highest BCUT2D eigenvalue weighted by atomic mass is 32.2. The Morgan fingerprint density at radius 3 is 3.05 bits per heavy atom. The van der Waals surface area contributed by atoms with E-state index in [9.17, 15) is 5.11 Å². The third-order valence-electron chi connectivity index (χ3n) is 3.53. The van der Waals surface area contributed by atoms with Gasteiger partial charge in [0.1, 0.15) is 23.4 Å². The number of benzene rings is 1. The maximum absolute atomic E-state index is 10.2. The Bertz CT molecular complexity index is 484. The molecule has 0 amide bonds. The van der Waals surface area contributed by atoms with E-state index < -0.39 is 6.10 Å². The second-order valence-corrected chi connectivity index (χ2v) is 6.83. The average molecular weight is 326 g/mol. The Balaban J connectivity index is 1.86. The summed E-state index contributed by atoms with van der Waals surface area (Å²) in [7, 11) is 0. The maximum atomic E-state index is 10.2. The number of thiocarbonyl (C=S) groups is 1. The van der Waals surface area contributed by atoms with Gasteiger partial charge in [-0.15, -0.1) is 0 Å². The zero-order chi connectivity index (χ0) is 15.2. The molecule has 21 heavy (non-hydrogen) atoms. The monoisotopic (exact) mass is 326 g/mol. The van der Waals surface area contributed by atoms with E-state index in [0.29, 0.717) is 28.9 Å². The van der Waals surface area contributed by atoms with Gasteiger partial charge in [0.25, 0.3) is 0 Å². The molecule has 1 aliphatic heterocycles. The molecule has 1 aromatic rings. The number of nitrogens with zero attached hydrogens (tertiary/aromatic N) is 1. The predicted octanol–water partition coefficient (Wildman–Crippen LogP) is 1.50. The van der Waals surface area contributed by atoms with Crippen LogP contribution in [0.5, 0.6) is 5.75 Å². The van der Waals surface area contributed by atoms with Gasteiger partial charge in [0.2, 0.25) is 0 Å². The van der Waals surface area contributed by atoms with Crippen LogP contribution in [0.25, 0.3) is 0 Å². The molecule has 0 radical (unpaired) electrons. The Labute approximate surface area is 135 Å². The number of β-amino-alcohol motifs (C(OH)–C–C–N with tert-alkyl or cyclic N) is 1. The molecule has 0 spiro atoms. The zero-order valence-electron chi connectivity index (χ0n) is 12.2. The summed E-state index contributed by atoms with van der Waals surface area (Å²) >= 11 is 6.97. The number of aliphatic hydroxyl groups excluding tert-OH is 1. The molecule has 116 valence electrons. The van der Waals surface area contributed by atoms with Gasteiger partial charge in [0.05, 0.1) is 5.56 Å².